The van der Waals surface area contributed by atoms with E-state index in [1.807, 2.05) is 0 Å². The summed E-state index contributed by atoms with van der Waals surface area (Å²) in [6, 6.07) is 5.88. The van der Waals surface area contributed by atoms with Gasteiger partial charge in [-0.3, -0.25) is 14.4 Å². The Labute approximate surface area is 107 Å². The zero-order valence-electron chi connectivity index (χ0n) is 8.52. The first-order valence-electron chi connectivity index (χ1n) is 4.81. The van der Waals surface area contributed by atoms with Crippen LogP contribution < -0.4 is 4.90 Å². The third kappa shape index (κ3) is 2.18. The van der Waals surface area contributed by atoms with Crippen LogP contribution in [-0.4, -0.2) is 22.4 Å². The molecule has 0 aliphatic carbocycles. The molecule has 1 saturated heterocycles. The van der Waals surface area contributed by atoms with Crippen molar-refractivity contribution in [2.75, 3.05) is 4.90 Å². The van der Waals surface area contributed by atoms with Crippen molar-refractivity contribution < 1.29 is 14.4 Å². The van der Waals surface area contributed by atoms with Crippen molar-refractivity contribution in [3.05, 3.63) is 29.8 Å². The fourth-order valence-corrected chi connectivity index (χ4v) is 1.96. The summed E-state index contributed by atoms with van der Waals surface area (Å²) in [7, 11) is 0. The lowest BCUT2D eigenvalue weighted by atomic mass is 10.2. The largest absolute Gasteiger partial charge is 0.276 e. The van der Waals surface area contributed by atoms with Crippen LogP contribution in [0.3, 0.4) is 0 Å². The highest BCUT2D eigenvalue weighted by Gasteiger charge is 2.38. The van der Waals surface area contributed by atoms with E-state index in [9.17, 15) is 14.4 Å². The summed E-state index contributed by atoms with van der Waals surface area (Å²) >= 11 is 11.0. The van der Waals surface area contributed by atoms with Crippen LogP contribution in [0.5, 0.6) is 0 Å². The second kappa shape index (κ2) is 4.47. The number of nitrogens with zero attached hydrogens (tertiary/aromatic N) is 1. The lowest BCUT2D eigenvalue weighted by molar-refractivity contribution is -0.121. The summed E-state index contributed by atoms with van der Waals surface area (Å²) < 4.78 is 0. The molecule has 17 heavy (non-hydrogen) atoms. The van der Waals surface area contributed by atoms with Crippen LogP contribution in [0.25, 0.3) is 0 Å². The van der Waals surface area contributed by atoms with E-state index in [0.717, 1.165) is 4.90 Å². The molecule has 1 atom stereocenters. The number of carbonyl (C=O) groups is 3. The molecule has 1 aromatic carbocycles. The molecule has 0 bridgehead atoms. The Morgan fingerprint density at radius 2 is 1.82 bits per heavy atom. The highest BCUT2D eigenvalue weighted by atomic mass is 35.5. The van der Waals surface area contributed by atoms with Crippen molar-refractivity contribution in [3.63, 3.8) is 0 Å². The van der Waals surface area contributed by atoms with Gasteiger partial charge in [-0.25, -0.2) is 4.90 Å². The summed E-state index contributed by atoms with van der Waals surface area (Å²) in [5.74, 6) is -0.790. The van der Waals surface area contributed by atoms with Gasteiger partial charge in [-0.15, -0.1) is 11.6 Å². The predicted molar refractivity (Wildman–Crippen MR) is 63.4 cm³/mol. The van der Waals surface area contributed by atoms with Crippen LogP contribution in [0, 0.1) is 0 Å². The summed E-state index contributed by atoms with van der Waals surface area (Å²) in [6.45, 7) is 0. The van der Waals surface area contributed by atoms with E-state index in [1.165, 1.54) is 24.3 Å². The van der Waals surface area contributed by atoms with Gasteiger partial charge >= 0.3 is 0 Å². The van der Waals surface area contributed by atoms with Gasteiger partial charge in [0.1, 0.15) is 5.38 Å². The number of imide groups is 1. The molecule has 1 heterocycles. The maximum Gasteiger partial charge on any atom is 0.252 e. The number of alkyl halides is 1. The van der Waals surface area contributed by atoms with Crippen LogP contribution >= 0.6 is 23.2 Å². The van der Waals surface area contributed by atoms with Gasteiger partial charge in [0.2, 0.25) is 5.91 Å². The van der Waals surface area contributed by atoms with Gasteiger partial charge < -0.3 is 0 Å². The second-order valence-corrected chi connectivity index (χ2v) is 4.43. The molecule has 2 rings (SSSR count). The Bertz CT molecular complexity index is 498. The third-order valence-corrected chi connectivity index (χ3v) is 3.00. The highest BCUT2D eigenvalue weighted by molar-refractivity contribution is 6.67. The number of carbonyl (C=O) groups excluding carboxylic acids is 3. The molecule has 0 radical (unpaired) electrons. The number of halogens is 2. The zero-order chi connectivity index (χ0) is 12.6. The molecule has 1 aliphatic heterocycles. The Balaban J connectivity index is 2.32. The molecule has 1 aliphatic rings. The van der Waals surface area contributed by atoms with Gasteiger partial charge in [-0.1, -0.05) is 0 Å². The number of hydrogen-bond donors (Lipinski definition) is 0. The molecule has 2 amide bonds. The van der Waals surface area contributed by atoms with Crippen LogP contribution in [0.1, 0.15) is 16.8 Å². The lowest BCUT2D eigenvalue weighted by Crippen LogP contribution is -2.30. The molecule has 0 N–H and O–H groups in total. The van der Waals surface area contributed by atoms with E-state index in [0.29, 0.717) is 11.3 Å². The summed E-state index contributed by atoms with van der Waals surface area (Å²) in [5, 5.41) is -1.40. The second-order valence-electron chi connectivity index (χ2n) is 3.56. The van der Waals surface area contributed by atoms with Crippen molar-refractivity contribution >= 4 is 45.9 Å². The highest BCUT2D eigenvalue weighted by Crippen LogP contribution is 2.25. The van der Waals surface area contributed by atoms with E-state index in [4.69, 9.17) is 23.2 Å². The van der Waals surface area contributed by atoms with Gasteiger partial charge in [0, 0.05) is 5.56 Å². The Morgan fingerprint density at radius 3 is 2.24 bits per heavy atom. The van der Waals surface area contributed by atoms with Crippen molar-refractivity contribution in [2.24, 2.45) is 0 Å². The smallest absolute Gasteiger partial charge is 0.252 e. The number of anilines is 1. The third-order valence-electron chi connectivity index (χ3n) is 2.44. The van der Waals surface area contributed by atoms with E-state index in [2.05, 4.69) is 0 Å². The van der Waals surface area contributed by atoms with Crippen molar-refractivity contribution in [2.45, 2.75) is 11.8 Å². The molecule has 0 saturated carbocycles. The average Bonchev–Trinajstić information content (AvgIpc) is 2.53. The summed E-state index contributed by atoms with van der Waals surface area (Å²) in [4.78, 5) is 35.0. The average molecular weight is 272 g/mol. The van der Waals surface area contributed by atoms with E-state index in [-0.39, 0.29) is 12.3 Å². The van der Waals surface area contributed by atoms with Crippen LogP contribution in [0.4, 0.5) is 5.69 Å². The quantitative estimate of drug-likeness (QED) is 0.469. The first kappa shape index (κ1) is 12.1. The number of amides is 2. The first-order chi connectivity index (χ1) is 8.00. The lowest BCUT2D eigenvalue weighted by Gasteiger charge is -2.13. The first-order valence-corrected chi connectivity index (χ1v) is 5.63. The minimum Gasteiger partial charge on any atom is -0.276 e. The van der Waals surface area contributed by atoms with Gasteiger partial charge in [-0.05, 0) is 35.9 Å². The topological polar surface area (TPSA) is 54.5 Å². The molecular weight excluding hydrogens is 265 g/mol. The van der Waals surface area contributed by atoms with Crippen molar-refractivity contribution in [3.8, 4) is 0 Å². The Kier molecular flexibility index (Phi) is 3.17. The normalized spacial score (nSPS) is 19.9. The SMILES string of the molecule is O=C(Cl)c1ccc(N2C(=O)CC(Cl)C2=O)cc1. The van der Waals surface area contributed by atoms with Crippen LogP contribution in [-0.2, 0) is 9.59 Å². The van der Waals surface area contributed by atoms with Gasteiger partial charge in [0.05, 0.1) is 12.1 Å². The molecule has 1 fully saturated rings. The Hall–Kier alpha value is -1.39. The fourth-order valence-electron chi connectivity index (χ4n) is 1.61. The van der Waals surface area contributed by atoms with E-state index in [1.54, 1.807) is 0 Å². The van der Waals surface area contributed by atoms with Crippen LogP contribution in [0.2, 0.25) is 0 Å². The maximum absolute atomic E-state index is 11.6. The monoisotopic (exact) mass is 271 g/mol. The van der Waals surface area contributed by atoms with Crippen molar-refractivity contribution in [1.82, 2.24) is 0 Å². The van der Waals surface area contributed by atoms with Gasteiger partial charge in [0.15, 0.2) is 0 Å². The van der Waals surface area contributed by atoms with Crippen molar-refractivity contribution in [1.29, 1.82) is 0 Å². The summed E-state index contributed by atoms with van der Waals surface area (Å²) in [5.41, 5.74) is 0.696. The van der Waals surface area contributed by atoms with E-state index < -0.39 is 16.5 Å². The molecule has 1 unspecified atom stereocenters. The Morgan fingerprint density at radius 1 is 1.24 bits per heavy atom. The van der Waals surface area contributed by atoms with E-state index >= 15 is 0 Å². The standard InChI is InChI=1S/C11H7Cl2NO3/c12-8-5-9(15)14(11(8)17)7-3-1-6(2-4-7)10(13)16/h1-4,8H,5H2. The predicted octanol–water partition coefficient (Wildman–Crippen LogP) is 1.94. The number of benzene rings is 1. The molecule has 1 aromatic rings. The minimum atomic E-state index is -0.808. The maximum atomic E-state index is 11.6. The van der Waals surface area contributed by atoms with Gasteiger partial charge in [-0.2, -0.15) is 0 Å². The molecular formula is C11H7Cl2NO3. The zero-order valence-corrected chi connectivity index (χ0v) is 10.0. The molecule has 0 aromatic heterocycles. The molecule has 4 nitrogen and oxygen atoms in total. The molecule has 6 heteroatoms. The summed E-state index contributed by atoms with van der Waals surface area (Å²) in [6.07, 6.45) is -0.00340. The fraction of sp³-hybridized carbons (Fsp3) is 0.182. The number of rotatable bonds is 2. The number of hydrogen-bond acceptors (Lipinski definition) is 3. The molecule has 0 spiro atoms. The minimum absolute atomic E-state index is 0.00340. The molecule has 88 valence electrons. The van der Waals surface area contributed by atoms with Gasteiger partial charge in [0.25, 0.3) is 11.1 Å². The van der Waals surface area contributed by atoms with Crippen LogP contribution in [0.15, 0.2) is 24.3 Å².